The lowest BCUT2D eigenvalue weighted by Crippen LogP contribution is -2.14. The van der Waals surface area contributed by atoms with Gasteiger partial charge in [0.15, 0.2) is 5.78 Å². The van der Waals surface area contributed by atoms with Gasteiger partial charge in [0.1, 0.15) is 5.75 Å². The van der Waals surface area contributed by atoms with Crippen LogP contribution in [0.2, 0.25) is 0 Å². The first-order valence-corrected chi connectivity index (χ1v) is 4.62. The minimum Gasteiger partial charge on any atom is -0.507 e. The van der Waals surface area contributed by atoms with Gasteiger partial charge in [-0.25, -0.2) is 0 Å². The van der Waals surface area contributed by atoms with E-state index < -0.39 is 0 Å². The molecule has 3 nitrogen and oxygen atoms in total. The maximum absolute atomic E-state index is 11.3. The summed E-state index contributed by atoms with van der Waals surface area (Å²) in [7, 11) is 0. The Bertz CT molecular complexity index is 345. The number of aromatic hydroxyl groups is 1. The van der Waals surface area contributed by atoms with Crippen molar-refractivity contribution in [1.29, 1.82) is 0 Å². The summed E-state index contributed by atoms with van der Waals surface area (Å²) >= 11 is 0. The summed E-state index contributed by atoms with van der Waals surface area (Å²) in [5, 5.41) is 9.44. The Kier molecular flexibility index (Phi) is 3.25. The highest BCUT2D eigenvalue weighted by Crippen LogP contribution is 2.23. The number of carbonyl (C=O) groups excluding carboxylic acids is 1. The molecule has 0 aliphatic heterocycles. The van der Waals surface area contributed by atoms with Gasteiger partial charge in [-0.05, 0) is 23.6 Å². The summed E-state index contributed by atoms with van der Waals surface area (Å²) in [6.07, 6.45) is 0. The summed E-state index contributed by atoms with van der Waals surface area (Å²) in [4.78, 5) is 11.3. The van der Waals surface area contributed by atoms with E-state index in [0.29, 0.717) is 11.5 Å². The Morgan fingerprint density at radius 1 is 1.50 bits per heavy atom. The highest BCUT2D eigenvalue weighted by Gasteiger charge is 2.11. The molecule has 0 atom stereocenters. The second-order valence-corrected chi connectivity index (χ2v) is 3.56. The van der Waals surface area contributed by atoms with Crippen molar-refractivity contribution >= 4 is 5.78 Å². The average Bonchev–Trinajstić information content (AvgIpc) is 2.17. The fourth-order valence-corrected chi connectivity index (χ4v) is 1.25. The molecule has 3 N–H and O–H groups in total. The Hall–Kier alpha value is -1.35. The lowest BCUT2D eigenvalue weighted by Gasteiger charge is -2.08. The van der Waals surface area contributed by atoms with Crippen LogP contribution >= 0.6 is 0 Å². The summed E-state index contributed by atoms with van der Waals surface area (Å²) < 4.78 is 0. The maximum atomic E-state index is 11.3. The number of nitrogens with two attached hydrogens (primary N) is 1. The zero-order valence-electron chi connectivity index (χ0n) is 8.45. The van der Waals surface area contributed by atoms with Crippen molar-refractivity contribution in [3.8, 4) is 5.75 Å². The monoisotopic (exact) mass is 193 g/mol. The van der Waals surface area contributed by atoms with E-state index in [1.807, 2.05) is 19.9 Å². The quantitative estimate of drug-likeness (QED) is 0.717. The van der Waals surface area contributed by atoms with Crippen LogP contribution in [-0.4, -0.2) is 17.4 Å². The molecule has 0 amide bonds. The molecular formula is C11H15NO2. The molecule has 14 heavy (non-hydrogen) atoms. The molecule has 0 bridgehead atoms. The highest BCUT2D eigenvalue weighted by atomic mass is 16.3. The zero-order valence-corrected chi connectivity index (χ0v) is 8.45. The first-order chi connectivity index (χ1) is 6.56. The van der Waals surface area contributed by atoms with Crippen LogP contribution in [0, 0.1) is 0 Å². The van der Waals surface area contributed by atoms with Crippen LogP contribution in [0.15, 0.2) is 18.2 Å². The Morgan fingerprint density at radius 3 is 2.64 bits per heavy atom. The summed E-state index contributed by atoms with van der Waals surface area (Å²) in [6.45, 7) is 3.99. The van der Waals surface area contributed by atoms with Gasteiger partial charge in [-0.2, -0.15) is 0 Å². The topological polar surface area (TPSA) is 63.3 Å². The lowest BCUT2D eigenvalue weighted by molar-refractivity contribution is 0.0999. The van der Waals surface area contributed by atoms with Gasteiger partial charge < -0.3 is 10.8 Å². The van der Waals surface area contributed by atoms with Crippen molar-refractivity contribution in [2.75, 3.05) is 6.54 Å². The van der Waals surface area contributed by atoms with E-state index in [2.05, 4.69) is 0 Å². The van der Waals surface area contributed by atoms with Crippen LogP contribution in [0.3, 0.4) is 0 Å². The Balaban J connectivity index is 3.15. The lowest BCUT2D eigenvalue weighted by atomic mass is 9.98. The molecule has 0 saturated carbocycles. The predicted molar refractivity (Wildman–Crippen MR) is 55.6 cm³/mol. The van der Waals surface area contributed by atoms with Crippen molar-refractivity contribution in [3.63, 3.8) is 0 Å². The van der Waals surface area contributed by atoms with Crippen LogP contribution in [0.5, 0.6) is 5.75 Å². The van der Waals surface area contributed by atoms with Gasteiger partial charge in [0.25, 0.3) is 0 Å². The molecule has 0 radical (unpaired) electrons. The second kappa shape index (κ2) is 4.24. The number of benzene rings is 1. The molecule has 0 saturated heterocycles. The first kappa shape index (κ1) is 10.7. The van der Waals surface area contributed by atoms with E-state index in [-0.39, 0.29) is 18.1 Å². The standard InChI is InChI=1S/C11H15NO2/c1-7(2)8-3-4-10(13)9(5-8)11(14)6-12/h3-5,7,13H,6,12H2,1-2H3. The summed E-state index contributed by atoms with van der Waals surface area (Å²) in [6, 6.07) is 5.06. The molecule has 1 aromatic rings. The van der Waals surface area contributed by atoms with Gasteiger partial charge in [0.2, 0.25) is 0 Å². The molecule has 0 fully saturated rings. The third kappa shape index (κ3) is 2.12. The van der Waals surface area contributed by atoms with E-state index in [9.17, 15) is 9.90 Å². The third-order valence-corrected chi connectivity index (χ3v) is 2.17. The normalized spacial score (nSPS) is 10.6. The third-order valence-electron chi connectivity index (χ3n) is 2.17. The van der Waals surface area contributed by atoms with Gasteiger partial charge in [0, 0.05) is 0 Å². The van der Waals surface area contributed by atoms with Crippen molar-refractivity contribution in [1.82, 2.24) is 0 Å². The molecule has 0 unspecified atom stereocenters. The van der Waals surface area contributed by atoms with E-state index in [1.54, 1.807) is 6.07 Å². The molecule has 0 heterocycles. The number of phenols is 1. The number of hydrogen-bond donors (Lipinski definition) is 2. The van der Waals surface area contributed by atoms with Crippen LogP contribution in [0.25, 0.3) is 0 Å². The minimum atomic E-state index is -0.231. The largest absolute Gasteiger partial charge is 0.507 e. The number of ketones is 1. The Labute approximate surface area is 83.6 Å². The van der Waals surface area contributed by atoms with Crippen LogP contribution in [0.4, 0.5) is 0 Å². The number of Topliss-reactive ketones (excluding diaryl/α,β-unsaturated/α-hetero) is 1. The van der Waals surface area contributed by atoms with E-state index in [1.165, 1.54) is 6.07 Å². The SMILES string of the molecule is CC(C)c1ccc(O)c(C(=O)CN)c1. The molecule has 0 aliphatic carbocycles. The van der Waals surface area contributed by atoms with Gasteiger partial charge >= 0.3 is 0 Å². The van der Waals surface area contributed by atoms with Crippen molar-refractivity contribution in [2.45, 2.75) is 19.8 Å². The summed E-state index contributed by atoms with van der Waals surface area (Å²) in [5.74, 6) is 0.106. The predicted octanol–water partition coefficient (Wildman–Crippen LogP) is 1.66. The smallest absolute Gasteiger partial charge is 0.180 e. The summed E-state index contributed by atoms with van der Waals surface area (Å²) in [5.41, 5.74) is 6.58. The molecule has 1 aromatic carbocycles. The van der Waals surface area contributed by atoms with Crippen molar-refractivity contribution < 1.29 is 9.90 Å². The molecular weight excluding hydrogens is 178 g/mol. The molecule has 0 aromatic heterocycles. The highest BCUT2D eigenvalue weighted by molar-refractivity contribution is 6.00. The fourth-order valence-electron chi connectivity index (χ4n) is 1.25. The second-order valence-electron chi connectivity index (χ2n) is 3.56. The average molecular weight is 193 g/mol. The number of carbonyl (C=O) groups is 1. The van der Waals surface area contributed by atoms with E-state index >= 15 is 0 Å². The first-order valence-electron chi connectivity index (χ1n) is 4.62. The van der Waals surface area contributed by atoms with Crippen molar-refractivity contribution in [3.05, 3.63) is 29.3 Å². The van der Waals surface area contributed by atoms with Crippen LogP contribution < -0.4 is 5.73 Å². The molecule has 76 valence electrons. The molecule has 1 rings (SSSR count). The van der Waals surface area contributed by atoms with Crippen molar-refractivity contribution in [2.24, 2.45) is 5.73 Å². The van der Waals surface area contributed by atoms with Gasteiger partial charge in [0.05, 0.1) is 12.1 Å². The Morgan fingerprint density at radius 2 is 2.14 bits per heavy atom. The van der Waals surface area contributed by atoms with Crippen LogP contribution in [-0.2, 0) is 0 Å². The maximum Gasteiger partial charge on any atom is 0.180 e. The minimum absolute atomic E-state index is 0.00449. The van der Waals surface area contributed by atoms with Crippen LogP contribution in [0.1, 0.15) is 35.7 Å². The van der Waals surface area contributed by atoms with E-state index in [4.69, 9.17) is 5.73 Å². The zero-order chi connectivity index (χ0) is 10.7. The van der Waals surface area contributed by atoms with Gasteiger partial charge in [-0.15, -0.1) is 0 Å². The van der Waals surface area contributed by atoms with E-state index in [0.717, 1.165) is 5.56 Å². The number of rotatable bonds is 3. The fraction of sp³-hybridized carbons (Fsp3) is 0.364. The number of phenolic OH excluding ortho intramolecular Hbond substituents is 1. The molecule has 3 heteroatoms. The molecule has 0 spiro atoms. The van der Waals surface area contributed by atoms with Gasteiger partial charge in [-0.1, -0.05) is 19.9 Å². The van der Waals surface area contributed by atoms with Gasteiger partial charge in [-0.3, -0.25) is 4.79 Å². The number of hydrogen-bond acceptors (Lipinski definition) is 3. The molecule has 0 aliphatic rings.